The second-order valence-electron chi connectivity index (χ2n) is 4.01. The maximum absolute atomic E-state index is 10.8. The molecule has 1 N–H and O–H groups in total. The number of benzene rings is 1. The first kappa shape index (κ1) is 12.5. The number of hydrogen-bond acceptors (Lipinski definition) is 3. The van der Waals surface area contributed by atoms with E-state index < -0.39 is 6.09 Å². The van der Waals surface area contributed by atoms with Crippen molar-refractivity contribution in [3.8, 4) is 6.07 Å². The van der Waals surface area contributed by atoms with Gasteiger partial charge in [-0.2, -0.15) is 5.26 Å². The molecular weight excluding hydrogens is 254 g/mol. The van der Waals surface area contributed by atoms with Gasteiger partial charge in [0.05, 0.1) is 16.3 Å². The largest absolute Gasteiger partial charge is 0.465 e. The lowest BCUT2D eigenvalue weighted by molar-refractivity contribution is 0.142. The minimum absolute atomic E-state index is 0.434. The van der Waals surface area contributed by atoms with E-state index in [9.17, 15) is 4.79 Å². The van der Waals surface area contributed by atoms with Crippen molar-refractivity contribution in [1.29, 1.82) is 5.26 Å². The molecule has 94 valence electrons. The molecule has 0 radical (unpaired) electrons. The molecule has 1 fully saturated rings. The van der Waals surface area contributed by atoms with Gasteiger partial charge in [-0.3, -0.25) is 0 Å². The second-order valence-corrected chi connectivity index (χ2v) is 4.39. The Morgan fingerprint density at radius 3 is 2.56 bits per heavy atom. The number of nitrogens with zero attached hydrogens (tertiary/aromatic N) is 3. The van der Waals surface area contributed by atoms with Gasteiger partial charge in [-0.15, -0.1) is 0 Å². The molecule has 6 heteroatoms. The molecule has 0 saturated carbocycles. The lowest BCUT2D eigenvalue weighted by Gasteiger charge is -2.35. The number of amides is 1. The zero-order valence-corrected chi connectivity index (χ0v) is 10.4. The lowest BCUT2D eigenvalue weighted by atomic mass is 10.2. The Balaban J connectivity index is 2.15. The monoisotopic (exact) mass is 265 g/mol. The molecule has 1 heterocycles. The van der Waals surface area contributed by atoms with Crippen molar-refractivity contribution in [2.75, 3.05) is 31.1 Å². The first-order valence-electron chi connectivity index (χ1n) is 5.55. The van der Waals surface area contributed by atoms with Gasteiger partial charge in [-0.05, 0) is 12.1 Å². The Labute approximate surface area is 110 Å². The van der Waals surface area contributed by atoms with Gasteiger partial charge >= 0.3 is 6.09 Å². The number of rotatable bonds is 1. The number of piperazine rings is 1. The molecule has 1 aliphatic heterocycles. The van der Waals surface area contributed by atoms with Gasteiger partial charge in [0.15, 0.2) is 0 Å². The van der Waals surface area contributed by atoms with Gasteiger partial charge in [0.1, 0.15) is 6.07 Å². The third-order valence-electron chi connectivity index (χ3n) is 2.99. The van der Waals surface area contributed by atoms with Crippen LogP contribution in [-0.4, -0.2) is 42.3 Å². The van der Waals surface area contributed by atoms with Crippen molar-refractivity contribution in [3.63, 3.8) is 0 Å². The molecule has 1 amide bonds. The molecule has 0 bridgehead atoms. The van der Waals surface area contributed by atoms with E-state index in [0.717, 1.165) is 5.69 Å². The summed E-state index contributed by atoms with van der Waals surface area (Å²) in [5.74, 6) is 0. The summed E-state index contributed by atoms with van der Waals surface area (Å²) < 4.78 is 0. The minimum Gasteiger partial charge on any atom is -0.465 e. The molecule has 0 aliphatic carbocycles. The third-order valence-corrected chi connectivity index (χ3v) is 3.39. The Hall–Kier alpha value is -1.93. The molecule has 1 aliphatic rings. The standard InChI is InChI=1S/C12H12ClN3O2/c13-11-9(8-14)2-1-3-10(11)15-4-6-16(7-5-15)12(17)18/h1-3H,4-7H2,(H,17,18). The molecule has 0 aromatic heterocycles. The highest BCUT2D eigenvalue weighted by Crippen LogP contribution is 2.29. The normalized spacial score (nSPS) is 15.3. The zero-order valence-electron chi connectivity index (χ0n) is 9.64. The lowest BCUT2D eigenvalue weighted by Crippen LogP contribution is -2.48. The summed E-state index contributed by atoms with van der Waals surface area (Å²) in [6.07, 6.45) is -0.897. The Morgan fingerprint density at radius 1 is 1.33 bits per heavy atom. The minimum atomic E-state index is -0.897. The number of nitriles is 1. The molecular formula is C12H12ClN3O2. The highest BCUT2D eigenvalue weighted by molar-refractivity contribution is 6.34. The van der Waals surface area contributed by atoms with Gasteiger partial charge in [0.25, 0.3) is 0 Å². The third kappa shape index (κ3) is 2.34. The molecule has 1 aromatic carbocycles. The summed E-state index contributed by atoms with van der Waals surface area (Å²) in [5, 5.41) is 18.2. The van der Waals surface area contributed by atoms with Crippen LogP contribution in [0.1, 0.15) is 5.56 Å². The van der Waals surface area contributed by atoms with E-state index in [1.165, 1.54) is 4.90 Å². The molecule has 2 rings (SSSR count). The topological polar surface area (TPSA) is 67.6 Å². The number of halogens is 1. The molecule has 1 saturated heterocycles. The molecule has 18 heavy (non-hydrogen) atoms. The molecule has 1 aromatic rings. The van der Waals surface area contributed by atoms with Crippen molar-refractivity contribution in [2.45, 2.75) is 0 Å². The van der Waals surface area contributed by atoms with Gasteiger partial charge in [0, 0.05) is 26.2 Å². The number of carboxylic acid groups (broad SMARTS) is 1. The fourth-order valence-electron chi connectivity index (χ4n) is 1.99. The van der Waals surface area contributed by atoms with E-state index in [0.29, 0.717) is 36.8 Å². The van der Waals surface area contributed by atoms with E-state index >= 15 is 0 Å². The number of hydrogen-bond donors (Lipinski definition) is 1. The highest BCUT2D eigenvalue weighted by atomic mass is 35.5. The summed E-state index contributed by atoms with van der Waals surface area (Å²) in [7, 11) is 0. The maximum Gasteiger partial charge on any atom is 0.407 e. The Morgan fingerprint density at radius 2 is 2.00 bits per heavy atom. The van der Waals surface area contributed by atoms with Crippen LogP contribution in [0.3, 0.4) is 0 Å². The van der Waals surface area contributed by atoms with Crippen molar-refractivity contribution < 1.29 is 9.90 Å². The van der Waals surface area contributed by atoms with Crippen molar-refractivity contribution in [3.05, 3.63) is 28.8 Å². The maximum atomic E-state index is 10.8. The SMILES string of the molecule is N#Cc1cccc(N2CCN(C(=O)O)CC2)c1Cl. The summed E-state index contributed by atoms with van der Waals surface area (Å²) >= 11 is 6.15. The van der Waals surface area contributed by atoms with Crippen LogP contribution in [0.4, 0.5) is 10.5 Å². The van der Waals surface area contributed by atoms with Crippen molar-refractivity contribution in [2.24, 2.45) is 0 Å². The first-order chi connectivity index (χ1) is 8.63. The van der Waals surface area contributed by atoms with Crippen LogP contribution in [0, 0.1) is 11.3 Å². The Bertz CT molecular complexity index is 505. The van der Waals surface area contributed by atoms with Gasteiger partial charge in [-0.1, -0.05) is 17.7 Å². The van der Waals surface area contributed by atoms with Crippen LogP contribution in [0.15, 0.2) is 18.2 Å². The van der Waals surface area contributed by atoms with Crippen molar-refractivity contribution in [1.82, 2.24) is 4.90 Å². The van der Waals surface area contributed by atoms with Crippen molar-refractivity contribution >= 4 is 23.4 Å². The number of carbonyl (C=O) groups is 1. The van der Waals surface area contributed by atoms with Crippen LogP contribution in [0.5, 0.6) is 0 Å². The fraction of sp³-hybridized carbons (Fsp3) is 0.333. The van der Waals surface area contributed by atoms with Crippen LogP contribution in [0.25, 0.3) is 0 Å². The summed E-state index contributed by atoms with van der Waals surface area (Å²) in [6.45, 7) is 2.06. The predicted molar refractivity (Wildman–Crippen MR) is 68.0 cm³/mol. The average molecular weight is 266 g/mol. The zero-order chi connectivity index (χ0) is 13.1. The highest BCUT2D eigenvalue weighted by Gasteiger charge is 2.22. The smallest absolute Gasteiger partial charge is 0.407 e. The van der Waals surface area contributed by atoms with Crippen LogP contribution in [-0.2, 0) is 0 Å². The van der Waals surface area contributed by atoms with E-state index in [2.05, 4.69) is 0 Å². The molecule has 5 nitrogen and oxygen atoms in total. The molecule has 0 spiro atoms. The van der Waals surface area contributed by atoms with Gasteiger partial charge < -0.3 is 14.9 Å². The van der Waals surface area contributed by atoms with E-state index in [4.69, 9.17) is 22.0 Å². The molecule has 0 atom stereocenters. The van der Waals surface area contributed by atoms with Gasteiger partial charge in [0.2, 0.25) is 0 Å². The Kier molecular flexibility index (Phi) is 3.58. The fourth-order valence-corrected chi connectivity index (χ4v) is 2.28. The summed E-state index contributed by atoms with van der Waals surface area (Å²) in [4.78, 5) is 14.2. The van der Waals surface area contributed by atoms with E-state index in [-0.39, 0.29) is 0 Å². The number of anilines is 1. The first-order valence-corrected chi connectivity index (χ1v) is 5.92. The van der Waals surface area contributed by atoms with Crippen LogP contribution < -0.4 is 4.90 Å². The second kappa shape index (κ2) is 5.15. The van der Waals surface area contributed by atoms with E-state index in [1.807, 2.05) is 17.0 Å². The molecule has 0 unspecified atom stereocenters. The average Bonchev–Trinajstić information content (AvgIpc) is 2.39. The summed E-state index contributed by atoms with van der Waals surface area (Å²) in [5.41, 5.74) is 1.23. The van der Waals surface area contributed by atoms with E-state index in [1.54, 1.807) is 12.1 Å². The summed E-state index contributed by atoms with van der Waals surface area (Å²) in [6, 6.07) is 7.33. The quantitative estimate of drug-likeness (QED) is 0.843. The van der Waals surface area contributed by atoms with Gasteiger partial charge in [-0.25, -0.2) is 4.79 Å². The van der Waals surface area contributed by atoms with Crippen LogP contribution in [0.2, 0.25) is 5.02 Å². The predicted octanol–water partition coefficient (Wildman–Crippen LogP) is 2.01. The van der Waals surface area contributed by atoms with Crippen LogP contribution >= 0.6 is 11.6 Å².